The van der Waals surface area contributed by atoms with Crippen molar-refractivity contribution in [2.75, 3.05) is 13.1 Å². The first-order valence-corrected chi connectivity index (χ1v) is 4.92. The molecule has 1 aliphatic rings. The predicted octanol–water partition coefficient (Wildman–Crippen LogP) is 1.87. The van der Waals surface area contributed by atoms with E-state index in [1.54, 1.807) is 6.08 Å². The van der Waals surface area contributed by atoms with Crippen molar-refractivity contribution in [2.24, 2.45) is 5.92 Å². The Hall–Kier alpha value is -1.25. The molecule has 0 aliphatic carbocycles. The molecule has 3 nitrogen and oxygen atoms in total. The number of likely N-dealkylation sites (tertiary alicyclic amines) is 1. The number of allylic oxidation sites excluding steroid dienone is 3. The molecule has 1 N–H and O–H groups in total. The van der Waals surface area contributed by atoms with Crippen LogP contribution in [0.15, 0.2) is 24.4 Å². The standard InChI is InChI=1S/C11H17NO2/c1-3-4-9(2)12-7-5-10(6-8-12)11(13)14/h3-4,10H,1,5-8H2,2H3,(H,13,14). The van der Waals surface area contributed by atoms with E-state index in [1.807, 2.05) is 13.0 Å². The lowest BCUT2D eigenvalue weighted by molar-refractivity contribution is -0.143. The van der Waals surface area contributed by atoms with E-state index in [0.29, 0.717) is 0 Å². The summed E-state index contributed by atoms with van der Waals surface area (Å²) in [7, 11) is 0. The smallest absolute Gasteiger partial charge is 0.306 e. The number of carbonyl (C=O) groups is 1. The van der Waals surface area contributed by atoms with Crippen molar-refractivity contribution in [1.29, 1.82) is 0 Å². The van der Waals surface area contributed by atoms with E-state index in [4.69, 9.17) is 5.11 Å². The first-order valence-electron chi connectivity index (χ1n) is 4.92. The lowest BCUT2D eigenvalue weighted by atomic mass is 9.97. The Morgan fingerprint density at radius 1 is 1.50 bits per heavy atom. The van der Waals surface area contributed by atoms with Gasteiger partial charge in [-0.05, 0) is 25.8 Å². The zero-order valence-corrected chi connectivity index (χ0v) is 8.57. The van der Waals surface area contributed by atoms with Gasteiger partial charge in [-0.25, -0.2) is 0 Å². The second-order valence-corrected chi connectivity index (χ2v) is 3.64. The van der Waals surface area contributed by atoms with E-state index in [2.05, 4.69) is 11.5 Å². The van der Waals surface area contributed by atoms with Crippen LogP contribution in [0.5, 0.6) is 0 Å². The van der Waals surface area contributed by atoms with Gasteiger partial charge in [0.25, 0.3) is 0 Å². The molecule has 1 heterocycles. The third kappa shape index (κ3) is 2.62. The van der Waals surface area contributed by atoms with Crippen LogP contribution in [0.3, 0.4) is 0 Å². The molecule has 1 aliphatic heterocycles. The molecule has 0 radical (unpaired) electrons. The van der Waals surface area contributed by atoms with Gasteiger partial charge < -0.3 is 10.0 Å². The average Bonchev–Trinajstić information content (AvgIpc) is 2.18. The number of hydrogen-bond acceptors (Lipinski definition) is 2. The van der Waals surface area contributed by atoms with Crippen molar-refractivity contribution in [3.63, 3.8) is 0 Å². The van der Waals surface area contributed by atoms with Crippen LogP contribution in [0.25, 0.3) is 0 Å². The second kappa shape index (κ2) is 4.84. The summed E-state index contributed by atoms with van der Waals surface area (Å²) in [6.45, 7) is 7.35. The lowest BCUT2D eigenvalue weighted by Crippen LogP contribution is -2.35. The van der Waals surface area contributed by atoms with E-state index in [1.165, 1.54) is 5.70 Å². The average molecular weight is 195 g/mol. The molecule has 0 spiro atoms. The zero-order valence-electron chi connectivity index (χ0n) is 8.57. The maximum Gasteiger partial charge on any atom is 0.306 e. The van der Waals surface area contributed by atoms with Gasteiger partial charge >= 0.3 is 5.97 Å². The molecule has 0 aromatic heterocycles. The van der Waals surface area contributed by atoms with Crippen LogP contribution in [-0.2, 0) is 4.79 Å². The second-order valence-electron chi connectivity index (χ2n) is 3.64. The number of piperidine rings is 1. The van der Waals surface area contributed by atoms with E-state index in [0.717, 1.165) is 25.9 Å². The van der Waals surface area contributed by atoms with Gasteiger partial charge in [0.2, 0.25) is 0 Å². The van der Waals surface area contributed by atoms with Crippen molar-refractivity contribution in [3.8, 4) is 0 Å². The highest BCUT2D eigenvalue weighted by atomic mass is 16.4. The molecule has 14 heavy (non-hydrogen) atoms. The first-order chi connectivity index (χ1) is 6.65. The Bertz CT molecular complexity index is 250. The fourth-order valence-electron chi connectivity index (χ4n) is 1.76. The van der Waals surface area contributed by atoms with Crippen molar-refractivity contribution in [1.82, 2.24) is 4.90 Å². The fraction of sp³-hybridized carbons (Fsp3) is 0.545. The molecular formula is C11H17NO2. The lowest BCUT2D eigenvalue weighted by Gasteiger charge is -2.32. The van der Waals surface area contributed by atoms with Gasteiger partial charge in [-0.3, -0.25) is 4.79 Å². The number of nitrogens with zero attached hydrogens (tertiary/aromatic N) is 1. The highest BCUT2D eigenvalue weighted by Crippen LogP contribution is 2.20. The Labute approximate surface area is 84.7 Å². The Kier molecular flexibility index (Phi) is 3.74. The number of carboxylic acids is 1. The quantitative estimate of drug-likeness (QED) is 0.699. The molecule has 1 saturated heterocycles. The zero-order chi connectivity index (χ0) is 10.6. The molecule has 0 aromatic rings. The summed E-state index contributed by atoms with van der Waals surface area (Å²) in [6.07, 6.45) is 5.22. The highest BCUT2D eigenvalue weighted by molar-refractivity contribution is 5.70. The third-order valence-electron chi connectivity index (χ3n) is 2.70. The minimum atomic E-state index is -0.657. The van der Waals surface area contributed by atoms with Crippen LogP contribution >= 0.6 is 0 Å². The molecule has 3 heteroatoms. The van der Waals surface area contributed by atoms with E-state index in [9.17, 15) is 4.79 Å². The fourth-order valence-corrected chi connectivity index (χ4v) is 1.76. The van der Waals surface area contributed by atoms with Crippen LogP contribution in [0, 0.1) is 5.92 Å². The molecule has 0 atom stereocenters. The van der Waals surface area contributed by atoms with E-state index >= 15 is 0 Å². The molecule has 1 fully saturated rings. The van der Waals surface area contributed by atoms with Crippen LogP contribution in [0.2, 0.25) is 0 Å². The van der Waals surface area contributed by atoms with Gasteiger partial charge in [0, 0.05) is 18.8 Å². The summed E-state index contributed by atoms with van der Waals surface area (Å²) < 4.78 is 0. The summed E-state index contributed by atoms with van der Waals surface area (Å²) in [5.41, 5.74) is 1.17. The molecule has 78 valence electrons. The van der Waals surface area contributed by atoms with Crippen LogP contribution in [0.1, 0.15) is 19.8 Å². The van der Waals surface area contributed by atoms with Crippen LogP contribution < -0.4 is 0 Å². The maximum absolute atomic E-state index is 10.7. The van der Waals surface area contributed by atoms with Crippen LogP contribution in [0.4, 0.5) is 0 Å². The Balaban J connectivity index is 2.46. The largest absolute Gasteiger partial charge is 0.481 e. The van der Waals surface area contributed by atoms with Crippen molar-refractivity contribution in [2.45, 2.75) is 19.8 Å². The highest BCUT2D eigenvalue weighted by Gasteiger charge is 2.24. The first kappa shape index (κ1) is 10.8. The number of carboxylic acid groups (broad SMARTS) is 1. The summed E-state index contributed by atoms with van der Waals surface area (Å²) in [4.78, 5) is 12.9. The summed E-state index contributed by atoms with van der Waals surface area (Å²) in [6, 6.07) is 0. The third-order valence-corrected chi connectivity index (χ3v) is 2.70. The van der Waals surface area contributed by atoms with Crippen LogP contribution in [-0.4, -0.2) is 29.1 Å². The van der Waals surface area contributed by atoms with E-state index in [-0.39, 0.29) is 5.92 Å². The van der Waals surface area contributed by atoms with Gasteiger partial charge in [0.15, 0.2) is 0 Å². The number of hydrogen-bond donors (Lipinski definition) is 1. The Morgan fingerprint density at radius 3 is 2.50 bits per heavy atom. The molecule has 0 bridgehead atoms. The molecular weight excluding hydrogens is 178 g/mol. The normalized spacial score (nSPS) is 19.5. The van der Waals surface area contributed by atoms with Gasteiger partial charge in [-0.1, -0.05) is 12.7 Å². The molecule has 0 unspecified atom stereocenters. The Morgan fingerprint density at radius 2 is 2.07 bits per heavy atom. The molecule has 0 saturated carbocycles. The molecule has 1 rings (SSSR count). The molecule has 0 amide bonds. The van der Waals surface area contributed by atoms with Gasteiger partial charge in [-0.2, -0.15) is 0 Å². The number of aliphatic carboxylic acids is 1. The summed E-state index contributed by atoms with van der Waals surface area (Å²) in [5, 5.41) is 8.82. The van der Waals surface area contributed by atoms with Gasteiger partial charge in [0.1, 0.15) is 0 Å². The monoisotopic (exact) mass is 195 g/mol. The van der Waals surface area contributed by atoms with Crippen molar-refractivity contribution >= 4 is 5.97 Å². The summed E-state index contributed by atoms with van der Waals surface area (Å²) >= 11 is 0. The maximum atomic E-state index is 10.7. The predicted molar refractivity (Wildman–Crippen MR) is 55.9 cm³/mol. The minimum Gasteiger partial charge on any atom is -0.481 e. The van der Waals surface area contributed by atoms with Gasteiger partial charge in [-0.15, -0.1) is 0 Å². The topological polar surface area (TPSA) is 40.5 Å². The van der Waals surface area contributed by atoms with Crippen molar-refractivity contribution < 1.29 is 9.90 Å². The SMILES string of the molecule is C=CC=C(C)N1CCC(C(=O)O)CC1. The minimum absolute atomic E-state index is 0.150. The van der Waals surface area contributed by atoms with Crippen molar-refractivity contribution in [3.05, 3.63) is 24.4 Å². The molecule has 0 aromatic carbocycles. The number of rotatable bonds is 3. The van der Waals surface area contributed by atoms with E-state index < -0.39 is 5.97 Å². The van der Waals surface area contributed by atoms with Gasteiger partial charge in [0.05, 0.1) is 5.92 Å². The summed E-state index contributed by atoms with van der Waals surface area (Å²) in [5.74, 6) is -0.808.